The van der Waals surface area contributed by atoms with Crippen LogP contribution in [0, 0.1) is 0 Å². The number of carbonyl (C=O) groups is 1. The first-order chi connectivity index (χ1) is 7.66. The van der Waals surface area contributed by atoms with Crippen LogP contribution in [0.1, 0.15) is 12.0 Å². The Kier molecular flexibility index (Phi) is 3.39. The maximum absolute atomic E-state index is 11.6. The molecule has 84 valence electrons. The summed E-state index contributed by atoms with van der Waals surface area (Å²) in [4.78, 5) is 17.7. The van der Waals surface area contributed by atoms with E-state index in [0.29, 0.717) is 0 Å². The van der Waals surface area contributed by atoms with Gasteiger partial charge in [-0.25, -0.2) is 0 Å². The van der Waals surface area contributed by atoms with E-state index in [2.05, 4.69) is 20.9 Å². The fourth-order valence-corrected chi connectivity index (χ4v) is 2.12. The lowest BCUT2D eigenvalue weighted by atomic mass is 10.2. The summed E-state index contributed by atoms with van der Waals surface area (Å²) in [5, 5.41) is 0. The maximum Gasteiger partial charge on any atom is 0.247 e. The lowest BCUT2D eigenvalue weighted by Crippen LogP contribution is -2.24. The van der Waals surface area contributed by atoms with Crippen molar-refractivity contribution in [2.45, 2.75) is 12.5 Å². The van der Waals surface area contributed by atoms with E-state index in [1.165, 1.54) is 0 Å². The molecule has 1 atom stereocenters. The van der Waals surface area contributed by atoms with E-state index in [1.54, 1.807) is 11.1 Å². The third-order valence-corrected chi connectivity index (χ3v) is 3.14. The van der Waals surface area contributed by atoms with Crippen LogP contribution in [0.5, 0.6) is 0 Å². The number of carbonyl (C=O) groups excluding carboxylic acids is 1. The zero-order valence-corrected chi connectivity index (χ0v) is 10.6. The summed E-state index contributed by atoms with van der Waals surface area (Å²) in [6.07, 6.45) is 2.59. The van der Waals surface area contributed by atoms with Crippen molar-refractivity contribution < 1.29 is 4.79 Å². The molecule has 16 heavy (non-hydrogen) atoms. The summed E-state index contributed by atoms with van der Waals surface area (Å²) in [7, 11) is 1.82. The smallest absolute Gasteiger partial charge is 0.247 e. The molecule has 1 aromatic rings. The molecule has 3 nitrogen and oxygen atoms in total. The zero-order valence-electron chi connectivity index (χ0n) is 9.06. The van der Waals surface area contributed by atoms with Gasteiger partial charge < -0.3 is 4.90 Å². The molecule has 1 fully saturated rings. The van der Waals surface area contributed by atoms with Crippen LogP contribution in [0.25, 0.3) is 0 Å². The van der Waals surface area contributed by atoms with Gasteiger partial charge >= 0.3 is 0 Å². The Morgan fingerprint density at radius 3 is 3.00 bits per heavy atom. The van der Waals surface area contributed by atoms with Gasteiger partial charge in [-0.05, 0) is 24.1 Å². The standard InChI is InChI=1S/C12H13BrN2O/c1-15-6-5-11(12(15)16)14-8-9-3-2-4-10(13)7-9/h2-4,7-8,11H,5-6H2,1H3. The van der Waals surface area contributed by atoms with Gasteiger partial charge in [-0.1, -0.05) is 28.1 Å². The van der Waals surface area contributed by atoms with Gasteiger partial charge in [0.25, 0.3) is 0 Å². The molecule has 0 N–H and O–H groups in total. The molecule has 0 bridgehead atoms. The van der Waals surface area contributed by atoms with Crippen LogP contribution in [0.3, 0.4) is 0 Å². The van der Waals surface area contributed by atoms with Gasteiger partial charge in [-0.3, -0.25) is 9.79 Å². The number of likely N-dealkylation sites (N-methyl/N-ethyl adjacent to an activating group) is 1. The number of aliphatic imine (C=N–C) groups is 1. The number of hydrogen-bond acceptors (Lipinski definition) is 2. The SMILES string of the molecule is CN1CCC(N=Cc2cccc(Br)c2)C1=O. The van der Waals surface area contributed by atoms with Crippen LogP contribution in [0.2, 0.25) is 0 Å². The highest BCUT2D eigenvalue weighted by Gasteiger charge is 2.27. The van der Waals surface area contributed by atoms with E-state index < -0.39 is 0 Å². The second kappa shape index (κ2) is 4.78. The minimum Gasteiger partial charge on any atom is -0.344 e. The molecule has 0 radical (unpaired) electrons. The quantitative estimate of drug-likeness (QED) is 0.764. The monoisotopic (exact) mass is 280 g/mol. The largest absolute Gasteiger partial charge is 0.344 e. The van der Waals surface area contributed by atoms with E-state index in [-0.39, 0.29) is 11.9 Å². The van der Waals surface area contributed by atoms with E-state index in [9.17, 15) is 4.79 Å². The topological polar surface area (TPSA) is 32.7 Å². The first-order valence-corrected chi connectivity index (χ1v) is 6.00. The van der Waals surface area contributed by atoms with Crippen molar-refractivity contribution in [1.29, 1.82) is 0 Å². The average Bonchev–Trinajstić information content (AvgIpc) is 2.57. The Hall–Kier alpha value is -1.16. The predicted molar refractivity (Wildman–Crippen MR) is 67.8 cm³/mol. The van der Waals surface area contributed by atoms with E-state index in [1.807, 2.05) is 31.3 Å². The Balaban J connectivity index is 2.07. The van der Waals surface area contributed by atoms with Crippen LogP contribution in [0.15, 0.2) is 33.7 Å². The molecule has 1 unspecified atom stereocenters. The Morgan fingerprint density at radius 1 is 1.56 bits per heavy atom. The Labute approximate surface area is 103 Å². The molecule has 0 saturated carbocycles. The molecule has 1 aliphatic heterocycles. The molecule has 1 aliphatic rings. The van der Waals surface area contributed by atoms with Gasteiger partial charge in [0.05, 0.1) is 0 Å². The molecule has 1 saturated heterocycles. The van der Waals surface area contributed by atoms with Crippen LogP contribution in [-0.4, -0.2) is 36.7 Å². The highest BCUT2D eigenvalue weighted by atomic mass is 79.9. The number of nitrogens with zero attached hydrogens (tertiary/aromatic N) is 2. The molecule has 0 aliphatic carbocycles. The molecule has 2 rings (SSSR count). The molecule has 1 heterocycles. The Morgan fingerprint density at radius 2 is 2.38 bits per heavy atom. The lowest BCUT2D eigenvalue weighted by molar-refractivity contribution is -0.127. The number of halogens is 1. The summed E-state index contributed by atoms with van der Waals surface area (Å²) < 4.78 is 1.02. The van der Waals surface area contributed by atoms with Crippen molar-refractivity contribution in [1.82, 2.24) is 4.90 Å². The number of rotatable bonds is 2. The van der Waals surface area contributed by atoms with Crippen LogP contribution in [0.4, 0.5) is 0 Å². The van der Waals surface area contributed by atoms with Crippen LogP contribution >= 0.6 is 15.9 Å². The highest BCUT2D eigenvalue weighted by molar-refractivity contribution is 9.10. The maximum atomic E-state index is 11.6. The molecule has 4 heteroatoms. The normalized spacial score (nSPS) is 21.0. The van der Waals surface area contributed by atoms with Gasteiger partial charge in [-0.2, -0.15) is 0 Å². The summed E-state index contributed by atoms with van der Waals surface area (Å²) in [5.74, 6) is 0.117. The van der Waals surface area contributed by atoms with Crippen molar-refractivity contribution in [3.63, 3.8) is 0 Å². The average molecular weight is 281 g/mol. The summed E-state index contributed by atoms with van der Waals surface area (Å²) in [5.41, 5.74) is 1.01. The van der Waals surface area contributed by atoms with Crippen LogP contribution in [-0.2, 0) is 4.79 Å². The minimum absolute atomic E-state index is 0.117. The van der Waals surface area contributed by atoms with E-state index in [4.69, 9.17) is 0 Å². The van der Waals surface area contributed by atoms with Crippen molar-refractivity contribution in [2.75, 3.05) is 13.6 Å². The van der Waals surface area contributed by atoms with Gasteiger partial charge in [0.1, 0.15) is 6.04 Å². The van der Waals surface area contributed by atoms with Gasteiger partial charge in [-0.15, -0.1) is 0 Å². The van der Waals surface area contributed by atoms with Crippen molar-refractivity contribution in [2.24, 2.45) is 4.99 Å². The van der Waals surface area contributed by atoms with Gasteiger partial charge in [0.15, 0.2) is 0 Å². The second-order valence-corrected chi connectivity index (χ2v) is 4.81. The first-order valence-electron chi connectivity index (χ1n) is 5.20. The lowest BCUT2D eigenvalue weighted by Gasteiger charge is -2.06. The fraction of sp³-hybridized carbons (Fsp3) is 0.333. The van der Waals surface area contributed by atoms with Crippen molar-refractivity contribution >= 4 is 28.1 Å². The van der Waals surface area contributed by atoms with E-state index in [0.717, 1.165) is 23.0 Å². The predicted octanol–water partition coefficient (Wildman–Crippen LogP) is 2.10. The molecule has 0 spiro atoms. The fourth-order valence-electron chi connectivity index (χ4n) is 1.71. The third-order valence-electron chi connectivity index (χ3n) is 2.65. The molecule has 1 amide bonds. The van der Waals surface area contributed by atoms with Crippen molar-refractivity contribution in [3.8, 4) is 0 Å². The summed E-state index contributed by atoms with van der Waals surface area (Å²) >= 11 is 3.40. The number of amides is 1. The summed E-state index contributed by atoms with van der Waals surface area (Å²) in [6.45, 7) is 0.805. The van der Waals surface area contributed by atoms with Crippen molar-refractivity contribution in [3.05, 3.63) is 34.3 Å². The molecular formula is C12H13BrN2O. The molecule has 1 aromatic carbocycles. The summed E-state index contributed by atoms with van der Waals surface area (Å²) in [6, 6.07) is 7.67. The number of hydrogen-bond donors (Lipinski definition) is 0. The number of likely N-dealkylation sites (tertiary alicyclic amines) is 1. The Bertz CT molecular complexity index is 431. The zero-order chi connectivity index (χ0) is 11.5. The minimum atomic E-state index is -0.191. The van der Waals surface area contributed by atoms with Gasteiger partial charge in [0.2, 0.25) is 5.91 Å². The van der Waals surface area contributed by atoms with E-state index >= 15 is 0 Å². The first kappa shape index (κ1) is 11.3. The third kappa shape index (κ3) is 2.50. The molecule has 0 aromatic heterocycles. The highest BCUT2D eigenvalue weighted by Crippen LogP contribution is 2.13. The molecular weight excluding hydrogens is 268 g/mol. The van der Waals surface area contributed by atoms with Crippen LogP contribution < -0.4 is 0 Å². The second-order valence-electron chi connectivity index (χ2n) is 3.90. The van der Waals surface area contributed by atoms with Gasteiger partial charge in [0, 0.05) is 24.3 Å². The number of benzene rings is 1.